The highest BCUT2D eigenvalue weighted by Gasteiger charge is 2.28. The van der Waals surface area contributed by atoms with Gasteiger partial charge in [-0.1, -0.05) is 41.4 Å². The van der Waals surface area contributed by atoms with Crippen LogP contribution in [0.3, 0.4) is 0 Å². The third-order valence-corrected chi connectivity index (χ3v) is 5.75. The molecule has 1 aromatic heterocycles. The normalized spacial score (nSPS) is 13.4. The number of benzene rings is 2. The molecule has 28 heavy (non-hydrogen) atoms. The molecule has 0 saturated carbocycles. The molecule has 1 aliphatic heterocycles. The number of halogens is 2. The molecule has 3 N–H and O–H groups in total. The molecular weight excluding hydrogens is 399 g/mol. The van der Waals surface area contributed by atoms with Crippen LogP contribution in [0.4, 0.5) is 11.4 Å². The first-order chi connectivity index (χ1) is 13.5. The van der Waals surface area contributed by atoms with Crippen LogP contribution in [0.15, 0.2) is 30.3 Å². The van der Waals surface area contributed by atoms with E-state index in [1.807, 2.05) is 24.3 Å². The molecular formula is C20H20Cl2N4O2. The van der Waals surface area contributed by atoms with Gasteiger partial charge in [0.05, 0.1) is 37.8 Å². The second-order valence-electron chi connectivity index (χ2n) is 6.55. The smallest absolute Gasteiger partial charge is 0.143 e. The molecule has 1 aliphatic rings. The number of hydrogen-bond acceptors (Lipinski definition) is 5. The van der Waals surface area contributed by atoms with Crippen LogP contribution in [0.5, 0.6) is 11.5 Å². The standard InChI is InChI=1S/C20H20Cl2N4O2/c1-27-15-9-16(28-2)18(22)20(17(15)21)26-8-7-12-14(10-26)24-25-19(12)11-5-3-4-6-13(11)23/h3-6,9H,7-8,10,23H2,1-2H3,(H,24,25). The van der Waals surface area contributed by atoms with Gasteiger partial charge in [-0.15, -0.1) is 0 Å². The highest BCUT2D eigenvalue weighted by atomic mass is 35.5. The molecule has 0 spiro atoms. The van der Waals surface area contributed by atoms with E-state index >= 15 is 0 Å². The predicted molar refractivity (Wildman–Crippen MR) is 113 cm³/mol. The van der Waals surface area contributed by atoms with Crippen LogP contribution in [0, 0.1) is 0 Å². The summed E-state index contributed by atoms with van der Waals surface area (Å²) in [5.74, 6) is 1.04. The van der Waals surface area contributed by atoms with E-state index in [4.69, 9.17) is 38.4 Å². The Morgan fingerprint density at radius 1 is 1.11 bits per heavy atom. The maximum absolute atomic E-state index is 6.58. The Hall–Kier alpha value is -2.57. The molecule has 8 heteroatoms. The SMILES string of the molecule is COc1cc(OC)c(Cl)c(N2CCc3c(-c4ccccc4N)n[nH]c3C2)c1Cl. The van der Waals surface area contributed by atoms with Gasteiger partial charge in [-0.2, -0.15) is 5.10 Å². The van der Waals surface area contributed by atoms with Crippen LogP contribution in [-0.2, 0) is 13.0 Å². The van der Waals surface area contributed by atoms with Crippen molar-refractivity contribution >= 4 is 34.6 Å². The Balaban J connectivity index is 1.73. The average molecular weight is 419 g/mol. The lowest BCUT2D eigenvalue weighted by Gasteiger charge is -2.31. The summed E-state index contributed by atoms with van der Waals surface area (Å²) in [5, 5.41) is 8.60. The quantitative estimate of drug-likeness (QED) is 0.607. The molecule has 2 heterocycles. The molecule has 0 atom stereocenters. The van der Waals surface area contributed by atoms with Gasteiger partial charge in [0, 0.05) is 29.4 Å². The second kappa shape index (κ2) is 7.45. The third-order valence-electron chi connectivity index (χ3n) is 5.02. The van der Waals surface area contributed by atoms with E-state index in [0.717, 1.165) is 35.5 Å². The van der Waals surface area contributed by atoms with Gasteiger partial charge in [0.2, 0.25) is 0 Å². The van der Waals surface area contributed by atoms with E-state index in [2.05, 4.69) is 15.1 Å². The zero-order valence-corrected chi connectivity index (χ0v) is 17.1. The zero-order chi connectivity index (χ0) is 19.8. The minimum atomic E-state index is 0.462. The van der Waals surface area contributed by atoms with Gasteiger partial charge in [0.25, 0.3) is 0 Å². The monoisotopic (exact) mass is 418 g/mol. The summed E-state index contributed by atoms with van der Waals surface area (Å²) in [7, 11) is 3.14. The van der Waals surface area contributed by atoms with E-state index in [9.17, 15) is 0 Å². The van der Waals surface area contributed by atoms with Gasteiger partial charge < -0.3 is 20.1 Å². The number of aromatic nitrogens is 2. The molecule has 6 nitrogen and oxygen atoms in total. The lowest BCUT2D eigenvalue weighted by atomic mass is 9.98. The largest absolute Gasteiger partial charge is 0.495 e. The molecule has 0 aliphatic carbocycles. The molecule has 0 bridgehead atoms. The van der Waals surface area contributed by atoms with Gasteiger partial charge >= 0.3 is 0 Å². The highest BCUT2D eigenvalue weighted by molar-refractivity contribution is 6.41. The summed E-state index contributed by atoms with van der Waals surface area (Å²) in [6.45, 7) is 1.31. The van der Waals surface area contributed by atoms with Gasteiger partial charge in [-0.05, 0) is 12.5 Å². The van der Waals surface area contributed by atoms with Crippen LogP contribution in [0.25, 0.3) is 11.3 Å². The first kappa shape index (κ1) is 18.8. The fourth-order valence-electron chi connectivity index (χ4n) is 3.59. The van der Waals surface area contributed by atoms with E-state index in [0.29, 0.717) is 39.5 Å². The molecule has 146 valence electrons. The van der Waals surface area contributed by atoms with E-state index < -0.39 is 0 Å². The van der Waals surface area contributed by atoms with Gasteiger partial charge in [0.1, 0.15) is 21.5 Å². The minimum absolute atomic E-state index is 0.462. The number of rotatable bonds is 4. The number of fused-ring (bicyclic) bond motifs is 1. The average Bonchev–Trinajstić information content (AvgIpc) is 3.12. The summed E-state index contributed by atoms with van der Waals surface area (Å²) in [6, 6.07) is 9.44. The number of para-hydroxylation sites is 1. The maximum atomic E-state index is 6.58. The van der Waals surface area contributed by atoms with Crippen molar-refractivity contribution in [1.82, 2.24) is 10.2 Å². The predicted octanol–water partition coefficient (Wildman–Crippen LogP) is 4.55. The van der Waals surface area contributed by atoms with Gasteiger partial charge in [-0.3, -0.25) is 5.10 Å². The number of H-pyrrole nitrogens is 1. The fourth-order valence-corrected chi connectivity index (χ4v) is 4.33. The first-order valence-electron chi connectivity index (χ1n) is 8.81. The first-order valence-corrected chi connectivity index (χ1v) is 9.56. The van der Waals surface area contributed by atoms with E-state index in [1.165, 1.54) is 0 Å². The van der Waals surface area contributed by atoms with Crippen molar-refractivity contribution < 1.29 is 9.47 Å². The molecule has 0 amide bonds. The molecule has 0 saturated heterocycles. The molecule has 0 fully saturated rings. The van der Waals surface area contributed by atoms with Gasteiger partial charge in [0.15, 0.2) is 0 Å². The minimum Gasteiger partial charge on any atom is -0.495 e. The number of aromatic amines is 1. The van der Waals surface area contributed by atoms with Crippen molar-refractivity contribution in [3.8, 4) is 22.8 Å². The Labute approximate surface area is 173 Å². The number of nitrogens with one attached hydrogen (secondary N) is 1. The molecule has 0 radical (unpaired) electrons. The molecule has 2 aromatic carbocycles. The van der Waals surface area contributed by atoms with Gasteiger partial charge in [-0.25, -0.2) is 0 Å². The number of nitrogen functional groups attached to an aromatic ring is 1. The summed E-state index contributed by atoms with van der Waals surface area (Å²) in [6.07, 6.45) is 0.779. The van der Waals surface area contributed by atoms with Crippen LogP contribution in [0.1, 0.15) is 11.3 Å². The fraction of sp³-hybridized carbons (Fsp3) is 0.250. The van der Waals surface area contributed by atoms with Crippen LogP contribution >= 0.6 is 23.2 Å². The number of anilines is 2. The Bertz CT molecular complexity index is 1010. The van der Waals surface area contributed by atoms with Crippen LogP contribution in [0.2, 0.25) is 10.0 Å². The summed E-state index contributed by atoms with van der Waals surface area (Å²) < 4.78 is 10.8. The maximum Gasteiger partial charge on any atom is 0.143 e. The lowest BCUT2D eigenvalue weighted by molar-refractivity contribution is 0.394. The zero-order valence-electron chi connectivity index (χ0n) is 15.6. The van der Waals surface area contributed by atoms with E-state index in [-0.39, 0.29) is 0 Å². The molecule has 0 unspecified atom stereocenters. The Morgan fingerprint density at radius 2 is 1.79 bits per heavy atom. The topological polar surface area (TPSA) is 76.4 Å². The number of nitrogens with zero attached hydrogens (tertiary/aromatic N) is 2. The van der Waals surface area contributed by atoms with Crippen LogP contribution in [-0.4, -0.2) is 31.0 Å². The third kappa shape index (κ3) is 3.02. The Morgan fingerprint density at radius 3 is 2.43 bits per heavy atom. The Kier molecular flexibility index (Phi) is 5.00. The van der Waals surface area contributed by atoms with Crippen molar-refractivity contribution in [3.05, 3.63) is 51.6 Å². The lowest BCUT2D eigenvalue weighted by Crippen LogP contribution is -2.31. The summed E-state index contributed by atoms with van der Waals surface area (Å²) in [5.41, 5.74) is 11.6. The number of nitrogens with two attached hydrogens (primary N) is 1. The van der Waals surface area contributed by atoms with Crippen molar-refractivity contribution in [2.24, 2.45) is 0 Å². The van der Waals surface area contributed by atoms with Crippen LogP contribution < -0.4 is 20.1 Å². The molecule has 4 rings (SSSR count). The van der Waals surface area contributed by atoms with Crippen molar-refractivity contribution in [2.75, 3.05) is 31.4 Å². The number of hydrogen-bond donors (Lipinski definition) is 2. The number of methoxy groups -OCH3 is 2. The van der Waals surface area contributed by atoms with Crippen molar-refractivity contribution in [2.45, 2.75) is 13.0 Å². The second-order valence-corrected chi connectivity index (χ2v) is 7.30. The summed E-state index contributed by atoms with van der Waals surface area (Å²) >= 11 is 13.2. The van der Waals surface area contributed by atoms with Crippen molar-refractivity contribution in [3.63, 3.8) is 0 Å². The molecule has 3 aromatic rings. The highest BCUT2D eigenvalue weighted by Crippen LogP contribution is 2.47. The summed E-state index contributed by atoms with van der Waals surface area (Å²) in [4.78, 5) is 2.11. The van der Waals surface area contributed by atoms with Crippen molar-refractivity contribution in [1.29, 1.82) is 0 Å². The number of ether oxygens (including phenoxy) is 2. The van der Waals surface area contributed by atoms with E-state index in [1.54, 1.807) is 20.3 Å².